The zero-order valence-electron chi connectivity index (χ0n) is 6.80. The van der Waals surface area contributed by atoms with Crippen LogP contribution in [0.3, 0.4) is 0 Å². The van der Waals surface area contributed by atoms with Crippen LogP contribution in [0.5, 0.6) is 0 Å². The molecule has 0 aliphatic heterocycles. The second-order valence-electron chi connectivity index (χ2n) is 2.68. The third-order valence-electron chi connectivity index (χ3n) is 1.72. The highest BCUT2D eigenvalue weighted by Gasteiger charge is 2.13. The Morgan fingerprint density at radius 3 is 2.54 bits per heavy atom. The van der Waals surface area contributed by atoms with Crippen LogP contribution < -0.4 is 11.5 Å². The molecule has 1 aromatic rings. The van der Waals surface area contributed by atoms with E-state index in [1.165, 1.54) is 0 Å². The molecule has 0 saturated carbocycles. The van der Waals surface area contributed by atoms with Gasteiger partial charge in [-0.05, 0) is 11.6 Å². The number of benzene rings is 1. The Hall–Kier alpha value is -1.20. The molecular weight excluding hydrogens is 178 g/mol. The molecule has 0 spiro atoms. The van der Waals surface area contributed by atoms with E-state index in [1.54, 1.807) is 0 Å². The second-order valence-corrected chi connectivity index (χ2v) is 2.68. The molecule has 13 heavy (non-hydrogen) atoms. The van der Waals surface area contributed by atoms with Crippen LogP contribution in [-0.2, 0) is 0 Å². The molecule has 1 atom stereocenters. The third-order valence-corrected chi connectivity index (χ3v) is 1.72. The number of rotatable bonds is 2. The minimum absolute atomic E-state index is 0.0833. The summed E-state index contributed by atoms with van der Waals surface area (Å²) in [5.74, 6) is -1.62. The van der Waals surface area contributed by atoms with Crippen molar-refractivity contribution in [2.45, 2.75) is 6.04 Å². The Labute approximate surface area is 74.0 Å². The van der Waals surface area contributed by atoms with Gasteiger partial charge in [-0.15, -0.1) is 0 Å². The van der Waals surface area contributed by atoms with Crippen LogP contribution in [0.1, 0.15) is 11.6 Å². The van der Waals surface area contributed by atoms with Crippen LogP contribution in [0.15, 0.2) is 12.1 Å². The number of aliphatic hydroxyl groups excluding tert-OH is 1. The van der Waals surface area contributed by atoms with Gasteiger partial charge in [-0.1, -0.05) is 0 Å². The zero-order chi connectivity index (χ0) is 10.0. The number of halogens is 2. The predicted octanol–water partition coefficient (Wildman–Crippen LogP) is 0.539. The van der Waals surface area contributed by atoms with Crippen molar-refractivity contribution in [3.63, 3.8) is 0 Å². The molecule has 1 aromatic carbocycles. The molecule has 0 aromatic heterocycles. The van der Waals surface area contributed by atoms with Gasteiger partial charge < -0.3 is 16.6 Å². The lowest BCUT2D eigenvalue weighted by Gasteiger charge is -2.11. The summed E-state index contributed by atoms with van der Waals surface area (Å²) in [5, 5.41) is 8.67. The molecule has 0 radical (unpaired) electrons. The van der Waals surface area contributed by atoms with Gasteiger partial charge in [0.05, 0.1) is 18.3 Å². The van der Waals surface area contributed by atoms with Crippen LogP contribution in [0, 0.1) is 11.6 Å². The highest BCUT2D eigenvalue weighted by atomic mass is 19.1. The molecule has 5 N–H and O–H groups in total. The van der Waals surface area contributed by atoms with Crippen molar-refractivity contribution in [3.8, 4) is 0 Å². The monoisotopic (exact) mass is 188 g/mol. The highest BCUT2D eigenvalue weighted by Crippen LogP contribution is 2.22. The highest BCUT2D eigenvalue weighted by molar-refractivity contribution is 5.49. The molecular formula is C8H10F2N2O. The molecule has 0 aliphatic carbocycles. The van der Waals surface area contributed by atoms with Crippen molar-refractivity contribution in [2.24, 2.45) is 5.73 Å². The van der Waals surface area contributed by atoms with Gasteiger partial charge in [0.25, 0.3) is 0 Å². The zero-order valence-corrected chi connectivity index (χ0v) is 6.80. The minimum Gasteiger partial charge on any atom is -0.396 e. The van der Waals surface area contributed by atoms with Crippen LogP contribution in [-0.4, -0.2) is 11.7 Å². The largest absolute Gasteiger partial charge is 0.396 e. The third kappa shape index (κ3) is 1.93. The van der Waals surface area contributed by atoms with Crippen LogP contribution >= 0.6 is 0 Å². The Bertz CT molecular complexity index is 317. The van der Waals surface area contributed by atoms with Crippen LogP contribution in [0.2, 0.25) is 0 Å². The van der Waals surface area contributed by atoms with E-state index >= 15 is 0 Å². The molecule has 1 rings (SSSR count). The first-order valence-corrected chi connectivity index (χ1v) is 3.67. The van der Waals surface area contributed by atoms with E-state index in [0.717, 1.165) is 6.07 Å². The van der Waals surface area contributed by atoms with E-state index in [2.05, 4.69) is 0 Å². The van der Waals surface area contributed by atoms with Gasteiger partial charge in [0.1, 0.15) is 11.6 Å². The molecule has 0 unspecified atom stereocenters. The van der Waals surface area contributed by atoms with Crippen molar-refractivity contribution in [1.29, 1.82) is 0 Å². The Morgan fingerprint density at radius 2 is 2.00 bits per heavy atom. The average molecular weight is 188 g/mol. The van der Waals surface area contributed by atoms with E-state index in [9.17, 15) is 8.78 Å². The van der Waals surface area contributed by atoms with E-state index < -0.39 is 24.3 Å². The van der Waals surface area contributed by atoms with Gasteiger partial charge >= 0.3 is 0 Å². The Morgan fingerprint density at radius 1 is 1.38 bits per heavy atom. The van der Waals surface area contributed by atoms with Gasteiger partial charge in [0.15, 0.2) is 0 Å². The summed E-state index contributed by atoms with van der Waals surface area (Å²) in [4.78, 5) is 0. The van der Waals surface area contributed by atoms with Crippen LogP contribution in [0.25, 0.3) is 0 Å². The van der Waals surface area contributed by atoms with Gasteiger partial charge in [-0.3, -0.25) is 0 Å². The lowest BCUT2D eigenvalue weighted by molar-refractivity contribution is 0.268. The molecule has 0 amide bonds. The Kier molecular flexibility index (Phi) is 2.79. The number of hydrogen-bond acceptors (Lipinski definition) is 3. The second kappa shape index (κ2) is 3.68. The fourth-order valence-electron chi connectivity index (χ4n) is 1.01. The molecule has 0 heterocycles. The van der Waals surface area contributed by atoms with E-state index in [0.29, 0.717) is 6.07 Å². The molecule has 5 heteroatoms. The maximum absolute atomic E-state index is 12.8. The maximum Gasteiger partial charge on any atom is 0.149 e. The quantitative estimate of drug-likeness (QED) is 0.593. The predicted molar refractivity (Wildman–Crippen MR) is 44.8 cm³/mol. The summed E-state index contributed by atoms with van der Waals surface area (Å²) < 4.78 is 25.5. The van der Waals surface area contributed by atoms with Crippen LogP contribution in [0.4, 0.5) is 14.5 Å². The van der Waals surface area contributed by atoms with Gasteiger partial charge in [-0.2, -0.15) is 0 Å². The summed E-state index contributed by atoms with van der Waals surface area (Å²) in [6, 6.07) is 0.826. The first kappa shape index (κ1) is 9.88. The van der Waals surface area contributed by atoms with Crippen molar-refractivity contribution >= 4 is 5.69 Å². The van der Waals surface area contributed by atoms with Crippen molar-refractivity contribution < 1.29 is 13.9 Å². The average Bonchev–Trinajstić information content (AvgIpc) is 2.10. The van der Waals surface area contributed by atoms with E-state index in [-0.39, 0.29) is 11.3 Å². The molecule has 0 fully saturated rings. The molecule has 0 aliphatic rings. The lowest BCUT2D eigenvalue weighted by Crippen LogP contribution is -2.17. The fraction of sp³-hybridized carbons (Fsp3) is 0.250. The van der Waals surface area contributed by atoms with E-state index in [1.807, 2.05) is 0 Å². The number of anilines is 1. The van der Waals surface area contributed by atoms with Crippen molar-refractivity contribution in [1.82, 2.24) is 0 Å². The standard InChI is InChI=1S/C8H10F2N2O/c9-4-1-5(7(11)3-13)8(12)6(10)2-4/h1-2,7,13H,3,11-12H2/t7-/m0/s1. The summed E-state index contributed by atoms with van der Waals surface area (Å²) in [6.07, 6.45) is 0. The summed E-state index contributed by atoms with van der Waals surface area (Å²) in [6.45, 7) is -0.410. The topological polar surface area (TPSA) is 72.3 Å². The first-order valence-electron chi connectivity index (χ1n) is 3.67. The minimum atomic E-state index is -0.862. The molecule has 72 valence electrons. The molecule has 0 saturated heterocycles. The van der Waals surface area contributed by atoms with Gasteiger partial charge in [0, 0.05) is 6.07 Å². The van der Waals surface area contributed by atoms with Crippen molar-refractivity contribution in [3.05, 3.63) is 29.3 Å². The van der Waals surface area contributed by atoms with Gasteiger partial charge in [0.2, 0.25) is 0 Å². The summed E-state index contributed by atoms with van der Waals surface area (Å²) >= 11 is 0. The number of nitrogens with two attached hydrogens (primary N) is 2. The van der Waals surface area contributed by atoms with Crippen molar-refractivity contribution in [2.75, 3.05) is 12.3 Å². The van der Waals surface area contributed by atoms with Gasteiger partial charge in [-0.25, -0.2) is 8.78 Å². The molecule has 0 bridgehead atoms. The summed E-state index contributed by atoms with van der Waals surface area (Å²) in [5.41, 5.74) is 10.5. The SMILES string of the molecule is Nc1c(F)cc(F)cc1[C@@H](N)CO. The molecule has 3 nitrogen and oxygen atoms in total. The first-order chi connectivity index (χ1) is 6.06. The smallest absolute Gasteiger partial charge is 0.149 e. The number of hydrogen-bond donors (Lipinski definition) is 3. The normalized spacial score (nSPS) is 12.9. The Balaban J connectivity index is 3.20. The number of nitrogen functional groups attached to an aromatic ring is 1. The maximum atomic E-state index is 12.8. The fourth-order valence-corrected chi connectivity index (χ4v) is 1.01. The summed E-state index contributed by atoms with van der Waals surface area (Å²) in [7, 11) is 0. The number of aliphatic hydroxyl groups is 1. The lowest BCUT2D eigenvalue weighted by atomic mass is 10.1. The van der Waals surface area contributed by atoms with E-state index in [4.69, 9.17) is 16.6 Å².